The Kier molecular flexibility index (Phi) is 2.98. The number of hydrogen-bond donors (Lipinski definition) is 1. The molecule has 0 aliphatic heterocycles. The summed E-state index contributed by atoms with van der Waals surface area (Å²) >= 11 is 0. The fourth-order valence-corrected chi connectivity index (χ4v) is 2.25. The predicted octanol–water partition coefficient (Wildman–Crippen LogP) is 1.18. The maximum Gasteiger partial charge on any atom is 0.272 e. The maximum absolute atomic E-state index is 12.3. The molecule has 3 rings (SSSR count). The van der Waals surface area contributed by atoms with Crippen molar-refractivity contribution in [1.29, 1.82) is 0 Å². The molecule has 2 aromatic heterocycles. The Morgan fingerprint density at radius 2 is 2.05 bits per heavy atom. The minimum atomic E-state index is -0.0659. The second kappa shape index (κ2) is 4.80. The summed E-state index contributed by atoms with van der Waals surface area (Å²) in [4.78, 5) is 16.6. The molecular weight excluding hydrogens is 254 g/mol. The summed E-state index contributed by atoms with van der Waals surface area (Å²) in [6, 6.07) is 7.63. The van der Waals surface area contributed by atoms with E-state index in [0.717, 1.165) is 11.0 Å². The first kappa shape index (κ1) is 12.4. The zero-order valence-corrected chi connectivity index (χ0v) is 11.2. The van der Waals surface area contributed by atoms with Gasteiger partial charge in [0, 0.05) is 12.7 Å². The average Bonchev–Trinajstić information content (AvgIpc) is 2.85. The molecule has 0 unspecified atom stereocenters. The third-order valence-electron chi connectivity index (χ3n) is 3.22. The molecule has 0 amide bonds. The normalized spacial score (nSPS) is 11.1. The summed E-state index contributed by atoms with van der Waals surface area (Å²) in [7, 11) is 0. The molecule has 0 fully saturated rings. The Hall–Kier alpha value is -2.63. The number of aryl methyl sites for hydroxylation is 3. The van der Waals surface area contributed by atoms with Gasteiger partial charge in [-0.25, -0.2) is 4.98 Å². The van der Waals surface area contributed by atoms with Crippen molar-refractivity contribution < 1.29 is 0 Å². The SMILES string of the molecule is Cc1nc2ccccc2n(CCn2cc(N)cn2)c1=O. The number of rotatable bonds is 3. The number of nitrogens with two attached hydrogens (primary N) is 1. The van der Waals surface area contributed by atoms with Crippen LogP contribution in [0.4, 0.5) is 5.69 Å². The highest BCUT2D eigenvalue weighted by atomic mass is 16.1. The Labute approximate surface area is 115 Å². The van der Waals surface area contributed by atoms with Crippen LogP contribution < -0.4 is 11.3 Å². The fraction of sp³-hybridized carbons (Fsp3) is 0.214. The van der Waals surface area contributed by atoms with Crippen molar-refractivity contribution in [2.75, 3.05) is 5.73 Å². The smallest absolute Gasteiger partial charge is 0.272 e. The molecule has 6 nitrogen and oxygen atoms in total. The van der Waals surface area contributed by atoms with Crippen LogP contribution >= 0.6 is 0 Å². The van der Waals surface area contributed by atoms with Crippen molar-refractivity contribution in [1.82, 2.24) is 19.3 Å². The molecule has 2 heterocycles. The zero-order valence-electron chi connectivity index (χ0n) is 11.2. The molecule has 0 aliphatic carbocycles. The van der Waals surface area contributed by atoms with Crippen LogP contribution in [0.3, 0.4) is 0 Å². The van der Waals surface area contributed by atoms with Crippen LogP contribution in [-0.4, -0.2) is 19.3 Å². The van der Waals surface area contributed by atoms with Gasteiger partial charge in [0.05, 0.1) is 29.5 Å². The highest BCUT2D eigenvalue weighted by molar-refractivity contribution is 5.74. The third-order valence-corrected chi connectivity index (χ3v) is 3.22. The molecule has 0 atom stereocenters. The van der Waals surface area contributed by atoms with Gasteiger partial charge in [0.2, 0.25) is 0 Å². The van der Waals surface area contributed by atoms with Crippen molar-refractivity contribution in [3.05, 3.63) is 52.7 Å². The van der Waals surface area contributed by atoms with Gasteiger partial charge in [0.1, 0.15) is 5.69 Å². The predicted molar refractivity (Wildman–Crippen MR) is 77.4 cm³/mol. The molecule has 0 saturated carbocycles. The Morgan fingerprint density at radius 3 is 2.80 bits per heavy atom. The lowest BCUT2D eigenvalue weighted by atomic mass is 10.3. The summed E-state index contributed by atoms with van der Waals surface area (Å²) in [5.41, 5.74) is 8.35. The number of fused-ring (bicyclic) bond motifs is 1. The Morgan fingerprint density at radius 1 is 1.25 bits per heavy atom. The van der Waals surface area contributed by atoms with Crippen LogP contribution in [0.5, 0.6) is 0 Å². The fourth-order valence-electron chi connectivity index (χ4n) is 2.25. The topological polar surface area (TPSA) is 78.7 Å². The summed E-state index contributed by atoms with van der Waals surface area (Å²) in [5.74, 6) is 0. The van der Waals surface area contributed by atoms with Crippen LogP contribution in [0.2, 0.25) is 0 Å². The first-order valence-corrected chi connectivity index (χ1v) is 6.39. The van der Waals surface area contributed by atoms with Gasteiger partial charge in [-0.2, -0.15) is 5.10 Å². The van der Waals surface area contributed by atoms with E-state index in [0.29, 0.717) is 24.5 Å². The molecule has 3 aromatic rings. The monoisotopic (exact) mass is 269 g/mol. The minimum absolute atomic E-state index is 0.0659. The minimum Gasteiger partial charge on any atom is -0.396 e. The van der Waals surface area contributed by atoms with Crippen molar-refractivity contribution in [3.63, 3.8) is 0 Å². The summed E-state index contributed by atoms with van der Waals surface area (Å²) in [5, 5.41) is 4.12. The van der Waals surface area contributed by atoms with E-state index in [1.54, 1.807) is 28.6 Å². The number of para-hydroxylation sites is 2. The number of anilines is 1. The lowest BCUT2D eigenvalue weighted by molar-refractivity contribution is 0.531. The number of nitrogen functional groups attached to an aromatic ring is 1. The molecular formula is C14H15N5O. The molecule has 0 spiro atoms. The van der Waals surface area contributed by atoms with Crippen molar-refractivity contribution in [3.8, 4) is 0 Å². The largest absolute Gasteiger partial charge is 0.396 e. The van der Waals surface area contributed by atoms with E-state index in [9.17, 15) is 4.79 Å². The van der Waals surface area contributed by atoms with E-state index in [-0.39, 0.29) is 5.56 Å². The quantitative estimate of drug-likeness (QED) is 0.774. The van der Waals surface area contributed by atoms with Gasteiger partial charge in [0.25, 0.3) is 5.56 Å². The van der Waals surface area contributed by atoms with Crippen LogP contribution in [0.1, 0.15) is 5.69 Å². The molecule has 0 aliphatic rings. The van der Waals surface area contributed by atoms with E-state index in [4.69, 9.17) is 5.73 Å². The summed E-state index contributed by atoms with van der Waals surface area (Å²) in [6.07, 6.45) is 3.35. The van der Waals surface area contributed by atoms with E-state index in [2.05, 4.69) is 10.1 Å². The molecule has 102 valence electrons. The van der Waals surface area contributed by atoms with Gasteiger partial charge in [0.15, 0.2) is 0 Å². The van der Waals surface area contributed by atoms with Gasteiger partial charge in [-0.05, 0) is 19.1 Å². The van der Waals surface area contributed by atoms with Gasteiger partial charge >= 0.3 is 0 Å². The first-order valence-electron chi connectivity index (χ1n) is 6.39. The number of aromatic nitrogens is 4. The number of benzene rings is 1. The van der Waals surface area contributed by atoms with Crippen molar-refractivity contribution >= 4 is 16.7 Å². The number of nitrogens with zero attached hydrogens (tertiary/aromatic N) is 4. The molecule has 1 aromatic carbocycles. The van der Waals surface area contributed by atoms with Crippen LogP contribution in [0.15, 0.2) is 41.5 Å². The Bertz CT molecular complexity index is 818. The molecule has 20 heavy (non-hydrogen) atoms. The second-order valence-corrected chi connectivity index (χ2v) is 4.68. The lowest BCUT2D eigenvalue weighted by Crippen LogP contribution is -2.26. The van der Waals surface area contributed by atoms with E-state index in [1.165, 1.54) is 0 Å². The van der Waals surface area contributed by atoms with Crippen molar-refractivity contribution in [2.45, 2.75) is 20.0 Å². The zero-order chi connectivity index (χ0) is 14.1. The van der Waals surface area contributed by atoms with Gasteiger partial charge in [-0.3, -0.25) is 9.48 Å². The highest BCUT2D eigenvalue weighted by Crippen LogP contribution is 2.10. The van der Waals surface area contributed by atoms with Crippen LogP contribution in [-0.2, 0) is 13.1 Å². The van der Waals surface area contributed by atoms with Crippen LogP contribution in [0, 0.1) is 6.92 Å². The molecule has 6 heteroatoms. The average molecular weight is 269 g/mol. The molecule has 0 bridgehead atoms. The third kappa shape index (κ3) is 2.16. The van der Waals surface area contributed by atoms with Gasteiger partial charge in [-0.15, -0.1) is 0 Å². The lowest BCUT2D eigenvalue weighted by Gasteiger charge is -2.10. The Balaban J connectivity index is 2.01. The summed E-state index contributed by atoms with van der Waals surface area (Å²) in [6.45, 7) is 2.85. The maximum atomic E-state index is 12.3. The first-order chi connectivity index (χ1) is 9.65. The van der Waals surface area contributed by atoms with Gasteiger partial charge < -0.3 is 10.3 Å². The summed E-state index contributed by atoms with van der Waals surface area (Å²) < 4.78 is 3.46. The molecule has 0 radical (unpaired) electrons. The van der Waals surface area contributed by atoms with Gasteiger partial charge in [-0.1, -0.05) is 12.1 Å². The van der Waals surface area contributed by atoms with E-state index >= 15 is 0 Å². The standard InChI is InChI=1S/C14H15N5O/c1-10-14(20)19(7-6-18-9-11(15)8-16-18)13-5-3-2-4-12(13)17-10/h2-5,8-9H,6-7,15H2,1H3. The number of hydrogen-bond acceptors (Lipinski definition) is 4. The van der Waals surface area contributed by atoms with Crippen molar-refractivity contribution in [2.24, 2.45) is 0 Å². The molecule has 0 saturated heterocycles. The second-order valence-electron chi connectivity index (χ2n) is 4.68. The van der Waals surface area contributed by atoms with E-state index in [1.807, 2.05) is 24.3 Å². The molecule has 2 N–H and O–H groups in total. The van der Waals surface area contributed by atoms with E-state index < -0.39 is 0 Å². The highest BCUT2D eigenvalue weighted by Gasteiger charge is 2.07. The van der Waals surface area contributed by atoms with Crippen LogP contribution in [0.25, 0.3) is 11.0 Å².